The summed E-state index contributed by atoms with van der Waals surface area (Å²) in [5.41, 5.74) is 1.79. The van der Waals surface area contributed by atoms with E-state index in [1.807, 2.05) is 47.1 Å². The fraction of sp³-hybridized carbons (Fsp3) is 0.308. The summed E-state index contributed by atoms with van der Waals surface area (Å²) >= 11 is 1.59. The Morgan fingerprint density at radius 1 is 1.00 bits per heavy atom. The first-order chi connectivity index (χ1) is 17.3. The lowest BCUT2D eigenvalue weighted by Crippen LogP contribution is -2.49. The molecule has 5 rings (SSSR count). The molecule has 2 aliphatic rings. The molecule has 0 unspecified atom stereocenters. The Morgan fingerprint density at radius 2 is 1.69 bits per heavy atom. The third-order valence-electron chi connectivity index (χ3n) is 6.64. The number of amides is 1. The van der Waals surface area contributed by atoms with Gasteiger partial charge in [0.25, 0.3) is 21.5 Å². The van der Waals surface area contributed by atoms with Crippen molar-refractivity contribution in [1.82, 2.24) is 9.47 Å². The predicted octanol–water partition coefficient (Wildman–Crippen LogP) is 3.32. The standard InChI is InChI=1S/C26H28N4O4S2/c1-18-9-11-19(12-10-18)36(33,34)27-23-24(20-6-3-4-7-21(20)28(2)26(23)32)29-13-15-30(16-14-29)25(31)22-8-5-17-35-22/h3-4,6-12,27H,5,13-17H2,1-2H3. The zero-order valence-corrected chi connectivity index (χ0v) is 21.9. The van der Waals surface area contributed by atoms with Crippen LogP contribution in [0.3, 0.4) is 0 Å². The maximum absolute atomic E-state index is 13.5. The van der Waals surface area contributed by atoms with Crippen LogP contribution in [0.1, 0.15) is 12.0 Å². The van der Waals surface area contributed by atoms with Gasteiger partial charge in [0.05, 0.1) is 21.0 Å². The molecule has 1 fully saturated rings. The molecule has 0 aliphatic carbocycles. The van der Waals surface area contributed by atoms with Crippen LogP contribution in [-0.4, -0.2) is 55.7 Å². The number of thioether (sulfide) groups is 1. The molecule has 0 spiro atoms. The number of carbonyl (C=O) groups excluding carboxylic acids is 1. The third-order valence-corrected chi connectivity index (χ3v) is 9.10. The van der Waals surface area contributed by atoms with Crippen molar-refractivity contribution in [2.24, 2.45) is 7.05 Å². The number of fused-ring (bicyclic) bond motifs is 1. The molecule has 2 aliphatic heterocycles. The maximum Gasteiger partial charge on any atom is 0.277 e. The number of nitrogens with zero attached hydrogens (tertiary/aromatic N) is 3. The van der Waals surface area contributed by atoms with Crippen molar-refractivity contribution < 1.29 is 13.2 Å². The quantitative estimate of drug-likeness (QED) is 0.551. The van der Waals surface area contributed by atoms with Crippen molar-refractivity contribution in [3.05, 3.63) is 75.4 Å². The number of carbonyl (C=O) groups is 1. The second-order valence-electron chi connectivity index (χ2n) is 9.01. The number of para-hydroxylation sites is 1. The van der Waals surface area contributed by atoms with Gasteiger partial charge in [0.1, 0.15) is 5.69 Å². The zero-order valence-electron chi connectivity index (χ0n) is 20.2. The Bertz CT molecular complexity index is 1520. The van der Waals surface area contributed by atoms with Crippen LogP contribution >= 0.6 is 11.8 Å². The largest absolute Gasteiger partial charge is 0.366 e. The van der Waals surface area contributed by atoms with E-state index in [4.69, 9.17) is 0 Å². The van der Waals surface area contributed by atoms with Gasteiger partial charge in [-0.25, -0.2) is 8.42 Å². The minimum absolute atomic E-state index is 0.0191. The molecule has 0 atom stereocenters. The Kier molecular flexibility index (Phi) is 6.57. The minimum Gasteiger partial charge on any atom is -0.366 e. The molecular weight excluding hydrogens is 496 g/mol. The van der Waals surface area contributed by atoms with Crippen molar-refractivity contribution >= 4 is 50.0 Å². The Hall–Kier alpha value is -3.24. The van der Waals surface area contributed by atoms with Crippen molar-refractivity contribution in [3.63, 3.8) is 0 Å². The molecule has 188 valence electrons. The Labute approximate surface area is 214 Å². The van der Waals surface area contributed by atoms with E-state index in [9.17, 15) is 18.0 Å². The van der Waals surface area contributed by atoms with Gasteiger partial charge < -0.3 is 14.4 Å². The molecule has 36 heavy (non-hydrogen) atoms. The number of nitrogens with one attached hydrogen (secondary N) is 1. The zero-order chi connectivity index (χ0) is 25.4. The topological polar surface area (TPSA) is 91.7 Å². The highest BCUT2D eigenvalue weighted by molar-refractivity contribution is 8.04. The first kappa shape index (κ1) is 24.5. The van der Waals surface area contributed by atoms with Crippen molar-refractivity contribution in [3.8, 4) is 0 Å². The highest BCUT2D eigenvalue weighted by Crippen LogP contribution is 2.34. The number of sulfonamides is 1. The molecule has 3 aromatic rings. The van der Waals surface area contributed by atoms with Gasteiger partial charge in [0.15, 0.2) is 0 Å². The van der Waals surface area contributed by atoms with Gasteiger partial charge in [-0.3, -0.25) is 14.3 Å². The van der Waals surface area contributed by atoms with Gasteiger partial charge in [-0.05, 0) is 31.5 Å². The number of allylic oxidation sites excluding steroid dienone is 1. The number of piperazine rings is 1. The highest BCUT2D eigenvalue weighted by atomic mass is 32.2. The number of aromatic nitrogens is 1. The molecule has 3 heterocycles. The van der Waals surface area contributed by atoms with Crippen LogP contribution in [0.15, 0.2) is 69.2 Å². The summed E-state index contributed by atoms with van der Waals surface area (Å²) in [6, 6.07) is 14.0. The number of hydrogen-bond donors (Lipinski definition) is 1. The van der Waals surface area contributed by atoms with Crippen LogP contribution in [0.5, 0.6) is 0 Å². The van der Waals surface area contributed by atoms with E-state index in [0.29, 0.717) is 37.4 Å². The smallest absolute Gasteiger partial charge is 0.277 e. The van der Waals surface area contributed by atoms with Gasteiger partial charge in [0, 0.05) is 44.4 Å². The van der Waals surface area contributed by atoms with Gasteiger partial charge in [-0.2, -0.15) is 0 Å². The molecule has 1 saturated heterocycles. The van der Waals surface area contributed by atoms with Crippen molar-refractivity contribution in [1.29, 1.82) is 0 Å². The minimum atomic E-state index is -4.00. The van der Waals surface area contributed by atoms with E-state index in [2.05, 4.69) is 4.72 Å². The van der Waals surface area contributed by atoms with E-state index in [1.165, 1.54) is 16.7 Å². The summed E-state index contributed by atoms with van der Waals surface area (Å²) in [4.78, 5) is 31.1. The number of benzene rings is 2. The first-order valence-corrected chi connectivity index (χ1v) is 14.3. The van der Waals surface area contributed by atoms with Crippen LogP contribution in [0.4, 0.5) is 11.4 Å². The van der Waals surface area contributed by atoms with Crippen LogP contribution in [-0.2, 0) is 21.9 Å². The van der Waals surface area contributed by atoms with Gasteiger partial charge in [-0.1, -0.05) is 42.0 Å². The van der Waals surface area contributed by atoms with Gasteiger partial charge in [0.2, 0.25) is 0 Å². The molecule has 2 aromatic carbocycles. The number of aryl methyl sites for hydroxylation is 2. The summed E-state index contributed by atoms with van der Waals surface area (Å²) in [7, 11) is -2.36. The lowest BCUT2D eigenvalue weighted by molar-refractivity contribution is -0.126. The number of pyridine rings is 1. The molecular formula is C26H28N4O4S2. The molecule has 0 radical (unpaired) electrons. The Balaban J connectivity index is 1.53. The van der Waals surface area contributed by atoms with E-state index in [0.717, 1.165) is 28.0 Å². The Morgan fingerprint density at radius 3 is 2.36 bits per heavy atom. The van der Waals surface area contributed by atoms with Gasteiger partial charge >= 0.3 is 0 Å². The second kappa shape index (κ2) is 9.67. The second-order valence-corrected chi connectivity index (χ2v) is 11.8. The average molecular weight is 525 g/mol. The molecule has 1 aromatic heterocycles. The lowest BCUT2D eigenvalue weighted by atomic mass is 10.1. The number of hydrogen-bond acceptors (Lipinski definition) is 6. The van der Waals surface area contributed by atoms with Crippen molar-refractivity contribution in [2.75, 3.05) is 41.6 Å². The number of anilines is 2. The molecule has 1 amide bonds. The third kappa shape index (κ3) is 4.51. The first-order valence-electron chi connectivity index (χ1n) is 11.8. The van der Waals surface area contributed by atoms with E-state index < -0.39 is 15.6 Å². The summed E-state index contributed by atoms with van der Waals surface area (Å²) < 4.78 is 30.7. The normalized spacial score (nSPS) is 16.3. The van der Waals surface area contributed by atoms with Crippen molar-refractivity contribution in [2.45, 2.75) is 18.2 Å². The van der Waals surface area contributed by atoms with Crippen LogP contribution < -0.4 is 15.2 Å². The summed E-state index contributed by atoms with van der Waals surface area (Å²) in [5, 5.41) is 0.773. The highest BCUT2D eigenvalue weighted by Gasteiger charge is 2.29. The van der Waals surface area contributed by atoms with E-state index in [-0.39, 0.29) is 16.5 Å². The molecule has 10 heteroatoms. The van der Waals surface area contributed by atoms with Crippen LogP contribution in [0.2, 0.25) is 0 Å². The SMILES string of the molecule is Cc1ccc(S(=O)(=O)Nc2c(N3CCN(C(=O)C4=CCCS4)CC3)c3ccccc3n(C)c2=O)cc1. The lowest BCUT2D eigenvalue weighted by Gasteiger charge is -2.37. The maximum atomic E-state index is 13.5. The van der Waals surface area contributed by atoms with E-state index >= 15 is 0 Å². The average Bonchev–Trinajstić information content (AvgIpc) is 3.42. The van der Waals surface area contributed by atoms with Crippen LogP contribution in [0, 0.1) is 6.92 Å². The monoisotopic (exact) mass is 524 g/mol. The number of rotatable bonds is 5. The summed E-state index contributed by atoms with van der Waals surface area (Å²) in [5.74, 6) is 0.983. The molecule has 1 N–H and O–H groups in total. The predicted molar refractivity (Wildman–Crippen MR) is 145 cm³/mol. The fourth-order valence-corrected chi connectivity index (χ4v) is 6.68. The summed E-state index contributed by atoms with van der Waals surface area (Å²) in [6.45, 7) is 3.84. The van der Waals surface area contributed by atoms with Crippen LogP contribution in [0.25, 0.3) is 10.9 Å². The van der Waals surface area contributed by atoms with E-state index in [1.54, 1.807) is 30.9 Å². The molecule has 8 nitrogen and oxygen atoms in total. The molecule has 0 saturated carbocycles. The molecule has 0 bridgehead atoms. The van der Waals surface area contributed by atoms with Gasteiger partial charge in [-0.15, -0.1) is 11.8 Å². The summed E-state index contributed by atoms with van der Waals surface area (Å²) in [6.07, 6.45) is 2.90. The fourth-order valence-electron chi connectivity index (χ4n) is 4.67.